The summed E-state index contributed by atoms with van der Waals surface area (Å²) in [6.45, 7) is 1.46. The van der Waals surface area contributed by atoms with Gasteiger partial charge in [0, 0.05) is 13.0 Å². The Morgan fingerprint density at radius 2 is 2.35 bits per heavy atom. The van der Waals surface area contributed by atoms with Crippen molar-refractivity contribution in [3.05, 3.63) is 58.3 Å². The van der Waals surface area contributed by atoms with Crippen molar-refractivity contribution in [3.63, 3.8) is 0 Å². The Balaban J connectivity index is 2.36. The third-order valence-corrected chi connectivity index (χ3v) is 2.22. The van der Waals surface area contributed by atoms with Gasteiger partial charge in [0.05, 0.1) is 10.6 Å². The molecule has 0 spiro atoms. The highest BCUT2D eigenvalue weighted by Gasteiger charge is 2.03. The van der Waals surface area contributed by atoms with Gasteiger partial charge in [-0.25, -0.2) is 9.67 Å². The van der Waals surface area contributed by atoms with E-state index in [-0.39, 0.29) is 5.70 Å². The number of allylic oxidation sites excluding steroid dienone is 1. The molecule has 0 radical (unpaired) electrons. The average Bonchev–Trinajstić information content (AvgIpc) is 2.82. The SMILES string of the molecule is C/C(=C\c1cccc(-n2cncn2)c1)[N+](=O)[O-]. The minimum atomic E-state index is -0.415. The molecule has 0 saturated heterocycles. The molecule has 0 bridgehead atoms. The quantitative estimate of drug-likeness (QED) is 0.596. The summed E-state index contributed by atoms with van der Waals surface area (Å²) in [7, 11) is 0. The van der Waals surface area contributed by atoms with Crippen LogP contribution in [0.1, 0.15) is 12.5 Å². The van der Waals surface area contributed by atoms with Crippen LogP contribution in [0, 0.1) is 10.1 Å². The smallest absolute Gasteiger partial charge is 0.243 e. The molecule has 0 aliphatic heterocycles. The number of nitrogens with zero attached hydrogens (tertiary/aromatic N) is 4. The van der Waals surface area contributed by atoms with Crippen LogP contribution >= 0.6 is 0 Å². The zero-order valence-corrected chi connectivity index (χ0v) is 9.15. The second-order valence-corrected chi connectivity index (χ2v) is 3.48. The van der Waals surface area contributed by atoms with Crippen LogP contribution in [0.25, 0.3) is 11.8 Å². The first-order valence-electron chi connectivity index (χ1n) is 4.94. The van der Waals surface area contributed by atoms with Crippen LogP contribution in [0.2, 0.25) is 0 Å². The van der Waals surface area contributed by atoms with E-state index < -0.39 is 4.92 Å². The summed E-state index contributed by atoms with van der Waals surface area (Å²) in [4.78, 5) is 14.0. The molecule has 0 fully saturated rings. The van der Waals surface area contributed by atoms with Gasteiger partial charge in [0.1, 0.15) is 12.7 Å². The van der Waals surface area contributed by atoms with Crippen LogP contribution in [0.15, 0.2) is 42.6 Å². The predicted molar refractivity (Wildman–Crippen MR) is 62.0 cm³/mol. The molecule has 2 rings (SSSR count). The average molecular weight is 230 g/mol. The number of rotatable bonds is 3. The van der Waals surface area contributed by atoms with E-state index in [9.17, 15) is 10.1 Å². The van der Waals surface area contributed by atoms with E-state index in [4.69, 9.17) is 0 Å². The third-order valence-electron chi connectivity index (χ3n) is 2.22. The van der Waals surface area contributed by atoms with Crippen LogP contribution < -0.4 is 0 Å². The van der Waals surface area contributed by atoms with E-state index in [2.05, 4.69) is 10.1 Å². The molecule has 86 valence electrons. The van der Waals surface area contributed by atoms with Crippen molar-refractivity contribution in [3.8, 4) is 5.69 Å². The summed E-state index contributed by atoms with van der Waals surface area (Å²) >= 11 is 0. The van der Waals surface area contributed by atoms with Crippen molar-refractivity contribution in [2.24, 2.45) is 0 Å². The molecule has 0 saturated carbocycles. The Bertz CT molecular complexity index is 561. The lowest BCUT2D eigenvalue weighted by Crippen LogP contribution is -1.95. The Morgan fingerprint density at radius 3 is 3.00 bits per heavy atom. The van der Waals surface area contributed by atoms with Gasteiger partial charge in [0.2, 0.25) is 5.70 Å². The molecule has 1 aromatic carbocycles. The molecule has 0 aliphatic carbocycles. The van der Waals surface area contributed by atoms with E-state index in [0.717, 1.165) is 11.3 Å². The fourth-order valence-corrected chi connectivity index (χ4v) is 1.39. The van der Waals surface area contributed by atoms with Crippen molar-refractivity contribution in [2.75, 3.05) is 0 Å². The summed E-state index contributed by atoms with van der Waals surface area (Å²) < 4.78 is 1.60. The highest BCUT2D eigenvalue weighted by molar-refractivity contribution is 5.54. The molecular formula is C11H10N4O2. The molecular weight excluding hydrogens is 220 g/mol. The van der Waals surface area contributed by atoms with E-state index >= 15 is 0 Å². The van der Waals surface area contributed by atoms with Gasteiger partial charge in [-0.2, -0.15) is 5.10 Å². The molecule has 0 amide bonds. The monoisotopic (exact) mass is 230 g/mol. The summed E-state index contributed by atoms with van der Waals surface area (Å²) in [5.41, 5.74) is 1.67. The van der Waals surface area contributed by atoms with Crippen molar-refractivity contribution in [2.45, 2.75) is 6.92 Å². The van der Waals surface area contributed by atoms with Gasteiger partial charge in [-0.1, -0.05) is 12.1 Å². The molecule has 6 heteroatoms. The van der Waals surface area contributed by atoms with E-state index in [1.54, 1.807) is 17.1 Å². The van der Waals surface area contributed by atoms with Crippen molar-refractivity contribution >= 4 is 6.08 Å². The summed E-state index contributed by atoms with van der Waals surface area (Å²) in [6.07, 6.45) is 4.52. The zero-order valence-electron chi connectivity index (χ0n) is 9.15. The Labute approximate surface area is 97.4 Å². The normalized spacial score (nSPS) is 11.5. The molecule has 6 nitrogen and oxygen atoms in total. The van der Waals surface area contributed by atoms with Crippen LogP contribution in [0.3, 0.4) is 0 Å². The summed E-state index contributed by atoms with van der Waals surface area (Å²) in [5.74, 6) is 0. The Kier molecular flexibility index (Phi) is 2.95. The highest BCUT2D eigenvalue weighted by atomic mass is 16.6. The lowest BCUT2D eigenvalue weighted by atomic mass is 10.2. The maximum atomic E-state index is 10.5. The fraction of sp³-hybridized carbons (Fsp3) is 0.0909. The largest absolute Gasteiger partial charge is 0.259 e. The maximum Gasteiger partial charge on any atom is 0.243 e. The number of hydrogen-bond donors (Lipinski definition) is 0. The number of nitro groups is 1. The van der Waals surface area contributed by atoms with Gasteiger partial charge in [-0.15, -0.1) is 0 Å². The lowest BCUT2D eigenvalue weighted by molar-refractivity contribution is -0.422. The molecule has 0 N–H and O–H groups in total. The molecule has 1 heterocycles. The maximum absolute atomic E-state index is 10.5. The first-order valence-corrected chi connectivity index (χ1v) is 4.94. The predicted octanol–water partition coefficient (Wildman–Crippen LogP) is 1.90. The second-order valence-electron chi connectivity index (χ2n) is 3.48. The van der Waals surface area contributed by atoms with Gasteiger partial charge >= 0.3 is 0 Å². The Morgan fingerprint density at radius 1 is 1.53 bits per heavy atom. The third kappa shape index (κ3) is 2.54. The van der Waals surface area contributed by atoms with Gasteiger partial charge in [0.15, 0.2) is 0 Å². The van der Waals surface area contributed by atoms with Crippen molar-refractivity contribution in [1.82, 2.24) is 14.8 Å². The topological polar surface area (TPSA) is 73.8 Å². The number of benzene rings is 1. The minimum Gasteiger partial charge on any atom is -0.259 e. The van der Waals surface area contributed by atoms with Gasteiger partial charge in [0.25, 0.3) is 0 Å². The van der Waals surface area contributed by atoms with Crippen molar-refractivity contribution in [1.29, 1.82) is 0 Å². The van der Waals surface area contributed by atoms with E-state index in [1.165, 1.54) is 19.3 Å². The minimum absolute atomic E-state index is 0.0979. The highest BCUT2D eigenvalue weighted by Crippen LogP contribution is 2.12. The second kappa shape index (κ2) is 4.56. The van der Waals surface area contributed by atoms with Crippen LogP contribution in [-0.4, -0.2) is 19.7 Å². The first kappa shape index (κ1) is 11.0. The van der Waals surface area contributed by atoms with Gasteiger partial charge in [-0.05, 0) is 17.7 Å². The molecule has 1 aromatic heterocycles. The standard InChI is InChI=1S/C11H10N4O2/c1-9(15(16)17)5-10-3-2-4-11(6-10)14-8-12-7-13-14/h2-8H,1H3/b9-5+. The summed E-state index contributed by atoms with van der Waals surface area (Å²) in [5, 5.41) is 14.5. The molecule has 0 aliphatic rings. The lowest BCUT2D eigenvalue weighted by Gasteiger charge is -2.01. The van der Waals surface area contributed by atoms with Crippen LogP contribution in [-0.2, 0) is 0 Å². The number of aromatic nitrogens is 3. The van der Waals surface area contributed by atoms with E-state index in [1.807, 2.05) is 18.2 Å². The molecule has 0 unspecified atom stereocenters. The number of hydrogen-bond acceptors (Lipinski definition) is 4. The first-order chi connectivity index (χ1) is 8.16. The molecule has 2 aromatic rings. The van der Waals surface area contributed by atoms with Crippen LogP contribution in [0.5, 0.6) is 0 Å². The molecule has 17 heavy (non-hydrogen) atoms. The van der Waals surface area contributed by atoms with Crippen molar-refractivity contribution < 1.29 is 4.92 Å². The molecule has 0 atom stereocenters. The van der Waals surface area contributed by atoms with Crippen LogP contribution in [0.4, 0.5) is 0 Å². The van der Waals surface area contributed by atoms with Gasteiger partial charge < -0.3 is 0 Å². The van der Waals surface area contributed by atoms with E-state index in [0.29, 0.717) is 0 Å². The summed E-state index contributed by atoms with van der Waals surface area (Å²) in [6, 6.07) is 7.28. The van der Waals surface area contributed by atoms with Gasteiger partial charge in [-0.3, -0.25) is 10.1 Å². The zero-order chi connectivity index (χ0) is 12.3. The Hall–Kier alpha value is -2.50. The fourth-order valence-electron chi connectivity index (χ4n) is 1.39.